The Balaban J connectivity index is 1.55. The summed E-state index contributed by atoms with van der Waals surface area (Å²) >= 11 is 0. The highest BCUT2D eigenvalue weighted by atomic mass is 16.5. The second-order valence-corrected chi connectivity index (χ2v) is 6.70. The molecule has 0 unspecified atom stereocenters. The Bertz CT molecular complexity index is 543. The van der Waals surface area contributed by atoms with Crippen molar-refractivity contribution in [2.45, 2.75) is 32.2 Å². The molecule has 1 aromatic carbocycles. The molecule has 2 heterocycles. The lowest BCUT2D eigenvalue weighted by Crippen LogP contribution is -2.52. The lowest BCUT2D eigenvalue weighted by atomic mass is 10.0. The molecule has 1 aromatic rings. The summed E-state index contributed by atoms with van der Waals surface area (Å²) < 4.78 is 11.2. The van der Waals surface area contributed by atoms with Gasteiger partial charge >= 0.3 is 0 Å². The molecule has 24 heavy (non-hydrogen) atoms. The Morgan fingerprint density at radius 3 is 2.79 bits per heavy atom. The zero-order valence-corrected chi connectivity index (χ0v) is 14.6. The minimum atomic E-state index is 0.108. The molecule has 0 radical (unpaired) electrons. The first-order valence-corrected chi connectivity index (χ1v) is 9.02. The van der Waals surface area contributed by atoms with Gasteiger partial charge in [-0.1, -0.05) is 18.2 Å². The third kappa shape index (κ3) is 4.48. The highest BCUT2D eigenvalue weighted by Gasteiger charge is 2.29. The van der Waals surface area contributed by atoms with Crippen LogP contribution in [0.5, 0.6) is 5.75 Å². The second-order valence-electron chi connectivity index (χ2n) is 6.70. The summed E-state index contributed by atoms with van der Waals surface area (Å²) in [7, 11) is 0. The molecular weight excluding hydrogens is 304 g/mol. The van der Waals surface area contributed by atoms with Gasteiger partial charge in [0.2, 0.25) is 0 Å². The van der Waals surface area contributed by atoms with Gasteiger partial charge in [-0.25, -0.2) is 0 Å². The molecule has 0 saturated carbocycles. The molecular formula is C19H28N2O3. The topological polar surface area (TPSA) is 42.0 Å². The van der Waals surface area contributed by atoms with Crippen LogP contribution in [-0.2, 0) is 9.53 Å². The number of ether oxygens (including phenoxy) is 2. The predicted octanol–water partition coefficient (Wildman–Crippen LogP) is 2.09. The number of benzene rings is 1. The molecule has 2 aliphatic heterocycles. The zero-order valence-electron chi connectivity index (χ0n) is 14.6. The van der Waals surface area contributed by atoms with Crippen molar-refractivity contribution in [3.63, 3.8) is 0 Å². The number of aryl methyl sites for hydroxylation is 1. The van der Waals surface area contributed by atoms with E-state index < -0.39 is 0 Å². The number of amides is 1. The van der Waals surface area contributed by atoms with Crippen molar-refractivity contribution in [2.24, 2.45) is 0 Å². The Morgan fingerprint density at radius 2 is 2.00 bits per heavy atom. The van der Waals surface area contributed by atoms with E-state index in [2.05, 4.69) is 4.90 Å². The maximum Gasteiger partial charge on any atom is 0.260 e. The van der Waals surface area contributed by atoms with Crippen LogP contribution < -0.4 is 4.74 Å². The number of hydrogen-bond acceptors (Lipinski definition) is 4. The van der Waals surface area contributed by atoms with Crippen LogP contribution in [0.2, 0.25) is 0 Å². The maximum atomic E-state index is 12.7. The van der Waals surface area contributed by atoms with E-state index in [-0.39, 0.29) is 12.5 Å². The van der Waals surface area contributed by atoms with Crippen molar-refractivity contribution in [3.05, 3.63) is 29.8 Å². The quantitative estimate of drug-likeness (QED) is 0.828. The van der Waals surface area contributed by atoms with Crippen molar-refractivity contribution >= 4 is 5.91 Å². The smallest absolute Gasteiger partial charge is 0.260 e. The average Bonchev–Trinajstić information content (AvgIpc) is 2.62. The number of piperidine rings is 1. The average molecular weight is 332 g/mol. The van der Waals surface area contributed by atoms with Crippen LogP contribution in [0.15, 0.2) is 24.3 Å². The van der Waals surface area contributed by atoms with E-state index in [1.807, 2.05) is 36.1 Å². The van der Waals surface area contributed by atoms with Crippen LogP contribution >= 0.6 is 0 Å². The van der Waals surface area contributed by atoms with Crippen molar-refractivity contribution in [1.29, 1.82) is 0 Å². The third-order valence-corrected chi connectivity index (χ3v) is 4.96. The Hall–Kier alpha value is -1.59. The maximum absolute atomic E-state index is 12.7. The molecule has 2 saturated heterocycles. The first-order valence-electron chi connectivity index (χ1n) is 9.02. The predicted molar refractivity (Wildman–Crippen MR) is 93.3 cm³/mol. The number of rotatable bonds is 5. The van der Waals surface area contributed by atoms with Gasteiger partial charge in [-0.15, -0.1) is 0 Å². The summed E-state index contributed by atoms with van der Waals surface area (Å²) in [6, 6.07) is 8.15. The molecule has 0 bridgehead atoms. The summed E-state index contributed by atoms with van der Waals surface area (Å²) in [6.07, 6.45) is 3.39. The first-order chi connectivity index (χ1) is 11.7. The molecule has 0 aromatic heterocycles. The number of carbonyl (C=O) groups is 1. The van der Waals surface area contributed by atoms with E-state index >= 15 is 0 Å². The van der Waals surface area contributed by atoms with Gasteiger partial charge in [-0.2, -0.15) is 0 Å². The van der Waals surface area contributed by atoms with Crippen LogP contribution in [0.1, 0.15) is 24.8 Å². The molecule has 132 valence electrons. The fourth-order valence-electron chi connectivity index (χ4n) is 3.54. The van der Waals surface area contributed by atoms with Gasteiger partial charge in [0.1, 0.15) is 5.75 Å². The fourth-order valence-corrected chi connectivity index (χ4v) is 3.54. The monoisotopic (exact) mass is 332 g/mol. The van der Waals surface area contributed by atoms with Crippen LogP contribution in [0.3, 0.4) is 0 Å². The van der Waals surface area contributed by atoms with E-state index in [0.717, 1.165) is 63.5 Å². The van der Waals surface area contributed by atoms with Crippen molar-refractivity contribution in [2.75, 3.05) is 46.0 Å². The minimum Gasteiger partial charge on any atom is -0.484 e. The van der Waals surface area contributed by atoms with E-state index in [0.29, 0.717) is 6.04 Å². The molecule has 5 heteroatoms. The SMILES string of the molecule is Cc1ccccc1OCC(=O)N1CCCC[C@@H]1CN1CCOCC1. The Labute approximate surface area is 144 Å². The van der Waals surface area contributed by atoms with Gasteiger partial charge in [0.15, 0.2) is 6.61 Å². The molecule has 1 amide bonds. The van der Waals surface area contributed by atoms with E-state index in [1.54, 1.807) is 0 Å². The number of morpholine rings is 1. The normalized spacial score (nSPS) is 22.4. The molecule has 2 fully saturated rings. The Morgan fingerprint density at radius 1 is 1.21 bits per heavy atom. The number of para-hydroxylation sites is 1. The van der Waals surface area contributed by atoms with Crippen molar-refractivity contribution in [1.82, 2.24) is 9.80 Å². The van der Waals surface area contributed by atoms with Gasteiger partial charge in [0, 0.05) is 32.2 Å². The summed E-state index contributed by atoms with van der Waals surface area (Å²) in [5.41, 5.74) is 1.06. The molecule has 2 aliphatic rings. The van der Waals surface area contributed by atoms with E-state index in [4.69, 9.17) is 9.47 Å². The number of likely N-dealkylation sites (tertiary alicyclic amines) is 1. The molecule has 5 nitrogen and oxygen atoms in total. The van der Waals surface area contributed by atoms with Gasteiger partial charge in [0.05, 0.1) is 13.2 Å². The lowest BCUT2D eigenvalue weighted by molar-refractivity contribution is -0.137. The molecule has 0 N–H and O–H groups in total. The van der Waals surface area contributed by atoms with Gasteiger partial charge in [-0.3, -0.25) is 9.69 Å². The second kappa shape index (κ2) is 8.49. The third-order valence-electron chi connectivity index (χ3n) is 4.96. The summed E-state index contributed by atoms with van der Waals surface area (Å²) in [6.45, 7) is 7.49. The molecule has 0 spiro atoms. The minimum absolute atomic E-state index is 0.108. The standard InChI is InChI=1S/C19H28N2O3/c1-16-6-2-3-8-18(16)24-15-19(22)21-9-5-4-7-17(21)14-20-10-12-23-13-11-20/h2-3,6,8,17H,4-5,7,9-15H2,1H3/t17-/m1/s1. The molecule has 3 rings (SSSR count). The van der Waals surface area contributed by atoms with E-state index in [9.17, 15) is 4.79 Å². The first kappa shape index (κ1) is 17.2. The van der Waals surface area contributed by atoms with Gasteiger partial charge < -0.3 is 14.4 Å². The van der Waals surface area contributed by atoms with Crippen molar-refractivity contribution in [3.8, 4) is 5.75 Å². The van der Waals surface area contributed by atoms with Gasteiger partial charge in [-0.05, 0) is 37.8 Å². The largest absolute Gasteiger partial charge is 0.484 e. The summed E-state index contributed by atoms with van der Waals surface area (Å²) in [4.78, 5) is 17.2. The number of nitrogens with zero attached hydrogens (tertiary/aromatic N) is 2. The van der Waals surface area contributed by atoms with Crippen LogP contribution in [0.25, 0.3) is 0 Å². The zero-order chi connectivity index (χ0) is 16.8. The highest BCUT2D eigenvalue weighted by Crippen LogP contribution is 2.20. The summed E-state index contributed by atoms with van der Waals surface area (Å²) in [5, 5.41) is 0. The fraction of sp³-hybridized carbons (Fsp3) is 0.632. The summed E-state index contributed by atoms with van der Waals surface area (Å²) in [5.74, 6) is 0.906. The van der Waals surface area contributed by atoms with Crippen LogP contribution in [0.4, 0.5) is 0 Å². The van der Waals surface area contributed by atoms with Gasteiger partial charge in [0.25, 0.3) is 5.91 Å². The number of carbonyl (C=O) groups excluding carboxylic acids is 1. The Kier molecular flexibility index (Phi) is 6.10. The highest BCUT2D eigenvalue weighted by molar-refractivity contribution is 5.78. The van der Waals surface area contributed by atoms with Crippen LogP contribution in [0, 0.1) is 6.92 Å². The molecule has 0 aliphatic carbocycles. The molecule has 1 atom stereocenters. The van der Waals surface area contributed by atoms with Crippen LogP contribution in [-0.4, -0.2) is 67.7 Å². The van der Waals surface area contributed by atoms with Crippen molar-refractivity contribution < 1.29 is 14.3 Å². The lowest BCUT2D eigenvalue weighted by Gasteiger charge is -2.39. The number of hydrogen-bond donors (Lipinski definition) is 0. The van der Waals surface area contributed by atoms with E-state index in [1.165, 1.54) is 6.42 Å².